The van der Waals surface area contributed by atoms with Crippen molar-refractivity contribution < 1.29 is 4.43 Å². The van der Waals surface area contributed by atoms with Crippen molar-refractivity contribution in [2.45, 2.75) is 77.6 Å². The summed E-state index contributed by atoms with van der Waals surface area (Å²) in [5, 5.41) is 0.147. The second-order valence-corrected chi connectivity index (χ2v) is 12.2. The molecule has 0 aromatic carbocycles. The molecule has 0 bridgehead atoms. The molecule has 0 aliphatic heterocycles. The minimum Gasteiger partial charge on any atom is -0.396 e. The number of aromatic nitrogens is 1. The van der Waals surface area contributed by atoms with E-state index in [1.165, 1.54) is 0 Å². The van der Waals surface area contributed by atoms with E-state index in [9.17, 15) is 0 Å². The second-order valence-electron chi connectivity index (χ2n) is 7.52. The molecular weight excluding hydrogens is 286 g/mol. The Hall–Kier alpha value is -1.11. The zero-order valence-electron chi connectivity index (χ0n) is 15.3. The molecule has 0 saturated carbocycles. The van der Waals surface area contributed by atoms with Crippen LogP contribution < -0.4 is 0 Å². The summed E-state index contributed by atoms with van der Waals surface area (Å²) in [6.45, 7) is 15.5. The zero-order valence-corrected chi connectivity index (χ0v) is 16.3. The standard InChI is InChI=1S/C19H31NOSi/c1-8-9-10-12-15-19(5,17-14-11-13-16-20-17)21-22(6,7)18(2,3)4/h11,13-14,16H,8-10H2,1-7H3. The SMILES string of the molecule is CCCCC#CC(C)(O[Si](C)(C)C(C)(C)C)c1ccccn1. The molecule has 0 spiro atoms. The van der Waals surface area contributed by atoms with Gasteiger partial charge >= 0.3 is 0 Å². The van der Waals surface area contributed by atoms with Gasteiger partial charge in [-0.1, -0.05) is 52.0 Å². The van der Waals surface area contributed by atoms with Crippen molar-refractivity contribution in [2.75, 3.05) is 0 Å². The molecule has 0 radical (unpaired) electrons. The van der Waals surface area contributed by atoms with Gasteiger partial charge in [0.2, 0.25) is 0 Å². The maximum absolute atomic E-state index is 6.66. The Morgan fingerprint density at radius 3 is 2.36 bits per heavy atom. The van der Waals surface area contributed by atoms with Crippen molar-refractivity contribution in [3.05, 3.63) is 30.1 Å². The lowest BCUT2D eigenvalue weighted by Gasteiger charge is -2.41. The van der Waals surface area contributed by atoms with Crippen LogP contribution in [0, 0.1) is 11.8 Å². The Kier molecular flexibility index (Phi) is 6.40. The molecule has 1 unspecified atom stereocenters. The molecule has 22 heavy (non-hydrogen) atoms. The molecular formula is C19H31NOSi. The van der Waals surface area contributed by atoms with E-state index in [1.54, 1.807) is 0 Å². The predicted octanol–water partition coefficient (Wildman–Crippen LogP) is 5.51. The van der Waals surface area contributed by atoms with Crippen molar-refractivity contribution in [1.82, 2.24) is 4.98 Å². The first-order valence-corrected chi connectivity index (χ1v) is 11.1. The largest absolute Gasteiger partial charge is 0.396 e. The van der Waals surface area contributed by atoms with Gasteiger partial charge < -0.3 is 4.43 Å². The number of unbranched alkanes of at least 4 members (excludes halogenated alkanes) is 2. The first kappa shape index (κ1) is 18.9. The molecule has 0 aliphatic rings. The highest BCUT2D eigenvalue weighted by Crippen LogP contribution is 2.41. The summed E-state index contributed by atoms with van der Waals surface area (Å²) in [5.41, 5.74) is 0.279. The zero-order chi connectivity index (χ0) is 16.9. The maximum atomic E-state index is 6.66. The predicted molar refractivity (Wildman–Crippen MR) is 97.2 cm³/mol. The van der Waals surface area contributed by atoms with Crippen molar-refractivity contribution in [3.63, 3.8) is 0 Å². The highest BCUT2D eigenvalue weighted by molar-refractivity contribution is 6.74. The van der Waals surface area contributed by atoms with Crippen molar-refractivity contribution >= 4 is 8.32 Å². The number of hydrogen-bond donors (Lipinski definition) is 0. The van der Waals surface area contributed by atoms with Gasteiger partial charge in [-0.15, -0.1) is 0 Å². The van der Waals surface area contributed by atoms with Crippen LogP contribution in [0.4, 0.5) is 0 Å². The lowest BCUT2D eigenvalue weighted by atomic mass is 10.0. The van der Waals surface area contributed by atoms with Crippen LogP contribution in [0.1, 0.15) is 59.6 Å². The molecule has 1 rings (SSSR count). The quantitative estimate of drug-likeness (QED) is 0.406. The molecule has 0 amide bonds. The molecule has 2 nitrogen and oxygen atoms in total. The summed E-state index contributed by atoms with van der Waals surface area (Å²) in [5.74, 6) is 6.68. The van der Waals surface area contributed by atoms with E-state index in [-0.39, 0.29) is 5.04 Å². The van der Waals surface area contributed by atoms with Crippen LogP contribution >= 0.6 is 0 Å². The van der Waals surface area contributed by atoms with Crippen LogP contribution in [0.3, 0.4) is 0 Å². The van der Waals surface area contributed by atoms with Gasteiger partial charge in [-0.05, 0) is 43.6 Å². The first-order valence-electron chi connectivity index (χ1n) is 8.24. The summed E-state index contributed by atoms with van der Waals surface area (Å²) < 4.78 is 6.66. The van der Waals surface area contributed by atoms with Crippen LogP contribution in [-0.2, 0) is 10.0 Å². The van der Waals surface area contributed by atoms with Crippen LogP contribution in [0.25, 0.3) is 0 Å². The summed E-state index contributed by atoms with van der Waals surface area (Å²) in [7, 11) is -1.93. The first-order chi connectivity index (χ1) is 10.1. The van der Waals surface area contributed by atoms with E-state index in [2.05, 4.69) is 64.5 Å². The third kappa shape index (κ3) is 4.96. The van der Waals surface area contributed by atoms with Crippen molar-refractivity contribution in [1.29, 1.82) is 0 Å². The van der Waals surface area contributed by atoms with Gasteiger partial charge in [0.05, 0.1) is 5.69 Å². The average Bonchev–Trinajstić information content (AvgIpc) is 2.43. The van der Waals surface area contributed by atoms with Crippen LogP contribution in [0.15, 0.2) is 24.4 Å². The smallest absolute Gasteiger partial charge is 0.194 e. The Labute approximate surface area is 137 Å². The normalized spacial score (nSPS) is 14.9. The molecule has 0 saturated heterocycles. The minimum atomic E-state index is -1.93. The molecule has 0 fully saturated rings. The fourth-order valence-corrected chi connectivity index (χ4v) is 3.43. The Morgan fingerprint density at radius 1 is 1.18 bits per heavy atom. The molecule has 3 heteroatoms. The second kappa shape index (κ2) is 7.44. The van der Waals surface area contributed by atoms with Gasteiger partial charge in [0.15, 0.2) is 13.9 Å². The van der Waals surface area contributed by atoms with Gasteiger partial charge in [-0.2, -0.15) is 0 Å². The molecule has 122 valence electrons. The molecule has 1 heterocycles. The Morgan fingerprint density at radius 2 is 1.86 bits per heavy atom. The molecule has 1 aromatic heterocycles. The monoisotopic (exact) mass is 317 g/mol. The summed E-state index contributed by atoms with van der Waals surface area (Å²) in [6, 6.07) is 5.95. The van der Waals surface area contributed by atoms with Gasteiger partial charge in [-0.25, -0.2) is 0 Å². The van der Waals surface area contributed by atoms with Crippen LogP contribution in [0.5, 0.6) is 0 Å². The number of nitrogens with zero attached hydrogens (tertiary/aromatic N) is 1. The van der Waals surface area contributed by atoms with E-state index in [4.69, 9.17) is 4.43 Å². The van der Waals surface area contributed by atoms with Crippen LogP contribution in [-0.4, -0.2) is 13.3 Å². The van der Waals surface area contributed by atoms with E-state index in [1.807, 2.05) is 24.4 Å². The fraction of sp³-hybridized carbons (Fsp3) is 0.632. The molecule has 0 aliphatic carbocycles. The highest BCUT2D eigenvalue weighted by atomic mass is 28.4. The van der Waals surface area contributed by atoms with Gasteiger partial charge in [0.1, 0.15) is 0 Å². The van der Waals surface area contributed by atoms with E-state index < -0.39 is 13.9 Å². The highest BCUT2D eigenvalue weighted by Gasteiger charge is 2.43. The van der Waals surface area contributed by atoms with Crippen molar-refractivity contribution in [3.8, 4) is 11.8 Å². The number of hydrogen-bond acceptors (Lipinski definition) is 2. The Bertz CT molecular complexity index is 522. The van der Waals surface area contributed by atoms with Crippen molar-refractivity contribution in [2.24, 2.45) is 0 Å². The van der Waals surface area contributed by atoms with E-state index in [0.717, 1.165) is 25.0 Å². The van der Waals surface area contributed by atoms with E-state index >= 15 is 0 Å². The average molecular weight is 318 g/mol. The Balaban J connectivity index is 3.14. The number of pyridine rings is 1. The molecule has 1 atom stereocenters. The minimum absolute atomic E-state index is 0.147. The van der Waals surface area contributed by atoms with Crippen LogP contribution in [0.2, 0.25) is 18.1 Å². The number of rotatable bonds is 5. The van der Waals surface area contributed by atoms with Gasteiger partial charge in [0.25, 0.3) is 0 Å². The third-order valence-corrected chi connectivity index (χ3v) is 8.93. The molecule has 1 aromatic rings. The van der Waals surface area contributed by atoms with Gasteiger partial charge in [0, 0.05) is 12.6 Å². The summed E-state index contributed by atoms with van der Waals surface area (Å²) in [4.78, 5) is 4.51. The summed E-state index contributed by atoms with van der Waals surface area (Å²) >= 11 is 0. The summed E-state index contributed by atoms with van der Waals surface area (Å²) in [6.07, 6.45) is 5.03. The van der Waals surface area contributed by atoms with Gasteiger partial charge in [-0.3, -0.25) is 4.98 Å². The third-order valence-electron chi connectivity index (χ3n) is 4.40. The fourth-order valence-electron chi connectivity index (χ4n) is 1.95. The topological polar surface area (TPSA) is 22.1 Å². The van der Waals surface area contributed by atoms with E-state index in [0.29, 0.717) is 0 Å². The molecule has 0 N–H and O–H groups in total. The lowest BCUT2D eigenvalue weighted by molar-refractivity contribution is 0.127. The lowest BCUT2D eigenvalue weighted by Crippen LogP contribution is -2.47. The maximum Gasteiger partial charge on any atom is 0.194 e.